The van der Waals surface area contributed by atoms with Crippen molar-refractivity contribution in [3.63, 3.8) is 0 Å². The Morgan fingerprint density at radius 1 is 1.24 bits per heavy atom. The Hall–Kier alpha value is -1.59. The molecule has 1 N–H and O–H groups in total. The van der Waals surface area contributed by atoms with Crippen LogP contribution >= 0.6 is 12.4 Å². The number of nitrogens with one attached hydrogen (secondary N) is 1. The number of likely N-dealkylation sites (N-methyl/N-ethyl adjacent to an activating group) is 1. The van der Waals surface area contributed by atoms with Crippen LogP contribution in [0.25, 0.3) is 11.0 Å². The molecular weight excluding hydrogens is 288 g/mol. The lowest BCUT2D eigenvalue weighted by Crippen LogP contribution is -2.44. The van der Waals surface area contributed by atoms with Crippen LogP contribution in [-0.4, -0.2) is 43.3 Å². The van der Waals surface area contributed by atoms with Crippen LogP contribution in [0.4, 0.5) is 5.82 Å². The predicted molar refractivity (Wildman–Crippen MR) is 87.6 cm³/mol. The molecule has 0 aliphatic carbocycles. The van der Waals surface area contributed by atoms with Gasteiger partial charge in [-0.1, -0.05) is 12.1 Å². The van der Waals surface area contributed by atoms with Crippen LogP contribution in [-0.2, 0) is 0 Å². The Kier molecular flexibility index (Phi) is 5.20. The van der Waals surface area contributed by atoms with E-state index in [0.717, 1.165) is 29.9 Å². The van der Waals surface area contributed by atoms with E-state index in [9.17, 15) is 0 Å². The van der Waals surface area contributed by atoms with Crippen LogP contribution < -0.4 is 15.0 Å². The number of para-hydroxylation sites is 2. The molecule has 1 aliphatic rings. The number of halogens is 1. The van der Waals surface area contributed by atoms with Crippen LogP contribution in [0, 0.1) is 0 Å². The number of ether oxygens (including phenoxy) is 1. The first-order chi connectivity index (χ1) is 9.79. The highest BCUT2D eigenvalue weighted by molar-refractivity contribution is 5.85. The molecule has 0 amide bonds. The smallest absolute Gasteiger partial charge is 0.257 e. The van der Waals surface area contributed by atoms with E-state index in [0.29, 0.717) is 11.9 Å². The standard InChI is InChI=1S/C15H20N4O.ClH/c1-19(11-6-5-9-16-10-11)14-15(20-2)18-13-8-4-3-7-12(13)17-14;/h3-4,7-8,11,16H,5-6,9-10H2,1-2H3;1H. The Balaban J connectivity index is 0.00000161. The summed E-state index contributed by atoms with van der Waals surface area (Å²) in [7, 11) is 3.72. The molecule has 6 heteroatoms. The van der Waals surface area contributed by atoms with Gasteiger partial charge in [0.05, 0.1) is 18.1 Å². The molecule has 1 saturated heterocycles. The maximum atomic E-state index is 5.43. The molecule has 0 spiro atoms. The number of fused-ring (bicyclic) bond motifs is 1. The van der Waals surface area contributed by atoms with Crippen molar-refractivity contribution in [2.75, 3.05) is 32.1 Å². The minimum atomic E-state index is 0. The minimum Gasteiger partial charge on any atom is -0.478 e. The van der Waals surface area contributed by atoms with Gasteiger partial charge in [-0.05, 0) is 31.5 Å². The number of hydrogen-bond donors (Lipinski definition) is 1. The number of benzene rings is 1. The van der Waals surface area contributed by atoms with Crippen molar-refractivity contribution in [1.29, 1.82) is 0 Å². The second-order valence-corrected chi connectivity index (χ2v) is 5.16. The Morgan fingerprint density at radius 2 is 1.95 bits per heavy atom. The first-order valence-corrected chi connectivity index (χ1v) is 7.04. The van der Waals surface area contributed by atoms with Crippen molar-refractivity contribution in [3.05, 3.63) is 24.3 Å². The number of nitrogens with zero attached hydrogens (tertiary/aromatic N) is 3. The second kappa shape index (κ2) is 6.91. The molecule has 1 aromatic carbocycles. The number of aromatic nitrogens is 2. The van der Waals surface area contributed by atoms with E-state index in [1.165, 1.54) is 12.8 Å². The third-order valence-corrected chi connectivity index (χ3v) is 3.87. The van der Waals surface area contributed by atoms with Crippen molar-refractivity contribution >= 4 is 29.3 Å². The van der Waals surface area contributed by atoms with Crippen LogP contribution in [0.1, 0.15) is 12.8 Å². The second-order valence-electron chi connectivity index (χ2n) is 5.16. The highest BCUT2D eigenvalue weighted by Gasteiger charge is 2.22. The van der Waals surface area contributed by atoms with E-state index in [4.69, 9.17) is 9.72 Å². The minimum absolute atomic E-state index is 0. The molecule has 1 atom stereocenters. The average Bonchev–Trinajstić information content (AvgIpc) is 2.53. The normalized spacial score (nSPS) is 18.1. The summed E-state index contributed by atoms with van der Waals surface area (Å²) in [6.07, 6.45) is 2.36. The largest absolute Gasteiger partial charge is 0.478 e. The van der Waals surface area contributed by atoms with Gasteiger partial charge >= 0.3 is 0 Å². The first kappa shape index (κ1) is 15.8. The predicted octanol–water partition coefficient (Wildman–Crippen LogP) is 2.25. The zero-order chi connectivity index (χ0) is 13.9. The lowest BCUT2D eigenvalue weighted by molar-refractivity contribution is 0.390. The van der Waals surface area contributed by atoms with E-state index in [1.54, 1.807) is 7.11 Å². The maximum absolute atomic E-state index is 5.43. The molecule has 1 aliphatic heterocycles. The van der Waals surface area contributed by atoms with Gasteiger partial charge in [0.1, 0.15) is 0 Å². The lowest BCUT2D eigenvalue weighted by atomic mass is 10.1. The number of methoxy groups -OCH3 is 1. The topological polar surface area (TPSA) is 50.3 Å². The van der Waals surface area contributed by atoms with Crippen molar-refractivity contribution in [3.8, 4) is 5.88 Å². The highest BCUT2D eigenvalue weighted by atomic mass is 35.5. The van der Waals surface area contributed by atoms with Crippen LogP contribution in [0.5, 0.6) is 5.88 Å². The van der Waals surface area contributed by atoms with Crippen LogP contribution in [0.2, 0.25) is 0 Å². The van der Waals surface area contributed by atoms with E-state index in [1.807, 2.05) is 24.3 Å². The summed E-state index contributed by atoms with van der Waals surface area (Å²) >= 11 is 0. The molecule has 114 valence electrons. The summed E-state index contributed by atoms with van der Waals surface area (Å²) < 4.78 is 5.43. The number of piperidine rings is 1. The number of rotatable bonds is 3. The third-order valence-electron chi connectivity index (χ3n) is 3.87. The molecule has 3 rings (SSSR count). The summed E-state index contributed by atoms with van der Waals surface area (Å²) in [4.78, 5) is 11.5. The number of hydrogen-bond acceptors (Lipinski definition) is 5. The van der Waals surface area contributed by atoms with Gasteiger partial charge in [-0.15, -0.1) is 12.4 Å². The zero-order valence-corrected chi connectivity index (χ0v) is 13.2. The van der Waals surface area contributed by atoms with Crippen molar-refractivity contribution in [2.24, 2.45) is 0 Å². The van der Waals surface area contributed by atoms with Gasteiger partial charge in [-0.2, -0.15) is 0 Å². The monoisotopic (exact) mass is 308 g/mol. The molecule has 0 radical (unpaired) electrons. The van der Waals surface area contributed by atoms with Crippen molar-refractivity contribution < 1.29 is 4.74 Å². The fraction of sp³-hybridized carbons (Fsp3) is 0.467. The Labute approximate surface area is 131 Å². The average molecular weight is 309 g/mol. The summed E-state index contributed by atoms with van der Waals surface area (Å²) in [5.41, 5.74) is 1.77. The summed E-state index contributed by atoms with van der Waals surface area (Å²) in [6, 6.07) is 8.32. The molecule has 0 bridgehead atoms. The fourth-order valence-electron chi connectivity index (χ4n) is 2.68. The van der Waals surface area contributed by atoms with E-state index < -0.39 is 0 Å². The summed E-state index contributed by atoms with van der Waals surface area (Å²) in [5, 5.41) is 3.43. The van der Waals surface area contributed by atoms with Gasteiger partial charge in [-0.3, -0.25) is 0 Å². The van der Waals surface area contributed by atoms with Gasteiger partial charge in [0.15, 0.2) is 5.82 Å². The molecule has 1 unspecified atom stereocenters. The van der Waals surface area contributed by atoms with Gasteiger partial charge in [0.25, 0.3) is 5.88 Å². The van der Waals surface area contributed by atoms with Crippen molar-refractivity contribution in [2.45, 2.75) is 18.9 Å². The lowest BCUT2D eigenvalue weighted by Gasteiger charge is -2.32. The Morgan fingerprint density at radius 3 is 2.57 bits per heavy atom. The molecular formula is C15H21ClN4O. The fourth-order valence-corrected chi connectivity index (χ4v) is 2.68. The molecule has 2 aromatic rings. The van der Waals surface area contributed by atoms with Crippen molar-refractivity contribution in [1.82, 2.24) is 15.3 Å². The van der Waals surface area contributed by atoms with E-state index in [2.05, 4.69) is 22.2 Å². The molecule has 0 saturated carbocycles. The van der Waals surface area contributed by atoms with Gasteiger partial charge in [-0.25, -0.2) is 9.97 Å². The highest BCUT2D eigenvalue weighted by Crippen LogP contribution is 2.28. The molecule has 1 fully saturated rings. The summed E-state index contributed by atoms with van der Waals surface area (Å²) in [6.45, 7) is 2.08. The Bertz CT molecular complexity index is 601. The molecule has 2 heterocycles. The SMILES string of the molecule is COc1nc2ccccc2nc1N(C)C1CCCNC1.Cl. The van der Waals surface area contributed by atoms with E-state index in [-0.39, 0.29) is 12.4 Å². The van der Waals surface area contributed by atoms with Gasteiger partial charge in [0.2, 0.25) is 0 Å². The van der Waals surface area contributed by atoms with E-state index >= 15 is 0 Å². The molecule has 5 nitrogen and oxygen atoms in total. The molecule has 21 heavy (non-hydrogen) atoms. The maximum Gasteiger partial charge on any atom is 0.257 e. The zero-order valence-electron chi connectivity index (χ0n) is 12.4. The quantitative estimate of drug-likeness (QED) is 0.942. The van der Waals surface area contributed by atoms with Gasteiger partial charge in [0, 0.05) is 19.6 Å². The third kappa shape index (κ3) is 3.19. The summed E-state index contributed by atoms with van der Waals surface area (Å²) in [5.74, 6) is 1.41. The number of anilines is 1. The van der Waals surface area contributed by atoms with Gasteiger partial charge < -0.3 is 15.0 Å². The first-order valence-electron chi connectivity index (χ1n) is 7.04. The van der Waals surface area contributed by atoms with Crippen LogP contribution in [0.15, 0.2) is 24.3 Å². The van der Waals surface area contributed by atoms with Crippen LogP contribution in [0.3, 0.4) is 0 Å². The molecule has 1 aromatic heterocycles.